The summed E-state index contributed by atoms with van der Waals surface area (Å²) >= 11 is 0. The first-order valence-corrected chi connectivity index (χ1v) is 17.2. The number of hydrogen-bond acceptors (Lipinski definition) is 4. The second kappa shape index (κ2) is 14.0. The maximum Gasteiger partial charge on any atom is 0.157 e. The molecule has 4 fully saturated rings. The highest BCUT2D eigenvalue weighted by Crippen LogP contribution is 2.47. The smallest absolute Gasteiger partial charge is 0.157 e. The third-order valence-corrected chi connectivity index (χ3v) is 11.7. The highest BCUT2D eigenvalue weighted by atomic mass is 16.7. The van der Waals surface area contributed by atoms with E-state index in [1.807, 2.05) is 0 Å². The summed E-state index contributed by atoms with van der Waals surface area (Å²) in [5, 5.41) is 0. The van der Waals surface area contributed by atoms with Crippen LogP contribution in [-0.2, 0) is 18.9 Å². The second-order valence-electron chi connectivity index (χ2n) is 14.6. The van der Waals surface area contributed by atoms with Gasteiger partial charge in [-0.25, -0.2) is 0 Å². The maximum absolute atomic E-state index is 5.64. The summed E-state index contributed by atoms with van der Waals surface area (Å²) in [5.41, 5.74) is 2.92. The van der Waals surface area contributed by atoms with E-state index < -0.39 is 0 Å². The van der Waals surface area contributed by atoms with Crippen molar-refractivity contribution < 1.29 is 18.9 Å². The Morgan fingerprint density at radius 3 is 1.29 bits per heavy atom. The molecule has 0 radical (unpaired) electrons. The molecule has 2 atom stereocenters. The molecule has 2 heterocycles. The number of ether oxygens (including phenoxy) is 4. The summed E-state index contributed by atoms with van der Waals surface area (Å²) in [6, 6.07) is 0. The Labute approximate surface area is 255 Å². The SMILES string of the molecule is CC1(C2CCC(CCC3OCCO3)CC2)C=CC(C#CC2=CCC(C)(C3CCC(CCC4OCCO4)CC3)C=C2)=CC1. The van der Waals surface area contributed by atoms with Gasteiger partial charge in [0.05, 0.1) is 26.4 Å². The van der Waals surface area contributed by atoms with Gasteiger partial charge in [-0.3, -0.25) is 0 Å². The predicted molar refractivity (Wildman–Crippen MR) is 168 cm³/mol. The average Bonchev–Trinajstić information content (AvgIpc) is 3.75. The van der Waals surface area contributed by atoms with Crippen LogP contribution in [-0.4, -0.2) is 39.0 Å². The van der Waals surface area contributed by atoms with Crippen molar-refractivity contribution in [3.63, 3.8) is 0 Å². The lowest BCUT2D eigenvalue weighted by Gasteiger charge is -2.41. The highest BCUT2D eigenvalue weighted by molar-refractivity contribution is 5.49. The third-order valence-electron chi connectivity index (χ3n) is 11.7. The molecular formula is C38H54O4. The van der Waals surface area contributed by atoms with E-state index in [-0.39, 0.29) is 23.4 Å². The van der Waals surface area contributed by atoms with Crippen LogP contribution in [0.25, 0.3) is 0 Å². The molecule has 2 aliphatic heterocycles. The van der Waals surface area contributed by atoms with Gasteiger partial charge in [0, 0.05) is 11.1 Å². The van der Waals surface area contributed by atoms with Crippen LogP contribution in [0, 0.1) is 46.3 Å². The highest BCUT2D eigenvalue weighted by Gasteiger charge is 2.37. The molecule has 0 spiro atoms. The minimum Gasteiger partial charge on any atom is -0.350 e. The molecule has 0 bridgehead atoms. The number of rotatable bonds is 8. The van der Waals surface area contributed by atoms with Crippen LogP contribution < -0.4 is 0 Å². The van der Waals surface area contributed by atoms with E-state index in [0.29, 0.717) is 0 Å². The average molecular weight is 575 g/mol. The lowest BCUT2D eigenvalue weighted by molar-refractivity contribution is -0.0517. The van der Waals surface area contributed by atoms with E-state index >= 15 is 0 Å². The Morgan fingerprint density at radius 2 is 0.952 bits per heavy atom. The van der Waals surface area contributed by atoms with Gasteiger partial charge in [0.1, 0.15) is 0 Å². The van der Waals surface area contributed by atoms with Crippen molar-refractivity contribution in [1.29, 1.82) is 0 Å². The molecular weight excluding hydrogens is 520 g/mol. The molecule has 0 aromatic rings. The van der Waals surface area contributed by atoms with Crippen molar-refractivity contribution in [3.05, 3.63) is 47.6 Å². The first-order chi connectivity index (χ1) is 20.5. The molecule has 2 saturated heterocycles. The van der Waals surface area contributed by atoms with E-state index in [2.05, 4.69) is 62.1 Å². The largest absolute Gasteiger partial charge is 0.350 e. The Balaban J connectivity index is 0.922. The van der Waals surface area contributed by atoms with Crippen LogP contribution in [0.5, 0.6) is 0 Å². The molecule has 0 N–H and O–H groups in total. The van der Waals surface area contributed by atoms with Crippen LogP contribution in [0.1, 0.15) is 104 Å². The van der Waals surface area contributed by atoms with Crippen molar-refractivity contribution in [2.75, 3.05) is 26.4 Å². The fourth-order valence-electron chi connectivity index (χ4n) is 8.54. The third kappa shape index (κ3) is 7.71. The van der Waals surface area contributed by atoms with Gasteiger partial charge in [-0.05, 0) is 98.7 Å². The molecule has 4 aliphatic carbocycles. The van der Waals surface area contributed by atoms with E-state index in [1.165, 1.54) is 75.4 Å². The van der Waals surface area contributed by atoms with Crippen LogP contribution in [0.4, 0.5) is 0 Å². The summed E-state index contributed by atoms with van der Waals surface area (Å²) in [6.07, 6.45) is 32.1. The van der Waals surface area contributed by atoms with Gasteiger partial charge in [-0.15, -0.1) is 0 Å². The molecule has 6 rings (SSSR count). The van der Waals surface area contributed by atoms with Gasteiger partial charge in [0.25, 0.3) is 0 Å². The number of hydrogen-bond donors (Lipinski definition) is 0. The van der Waals surface area contributed by atoms with E-state index in [4.69, 9.17) is 18.9 Å². The van der Waals surface area contributed by atoms with Gasteiger partial charge >= 0.3 is 0 Å². The number of allylic oxidation sites excluding steroid dienone is 8. The molecule has 42 heavy (non-hydrogen) atoms. The van der Waals surface area contributed by atoms with Crippen molar-refractivity contribution in [3.8, 4) is 11.8 Å². The molecule has 2 unspecified atom stereocenters. The Hall–Kier alpha value is -1.64. The van der Waals surface area contributed by atoms with Crippen molar-refractivity contribution in [1.82, 2.24) is 0 Å². The zero-order valence-electron chi connectivity index (χ0n) is 26.3. The first kappa shape index (κ1) is 30.4. The molecule has 0 amide bonds. The first-order valence-electron chi connectivity index (χ1n) is 17.2. The zero-order chi connectivity index (χ0) is 28.8. The van der Waals surface area contributed by atoms with Gasteiger partial charge in [-0.1, -0.05) is 87.8 Å². The van der Waals surface area contributed by atoms with Gasteiger partial charge in [0.15, 0.2) is 12.6 Å². The minimum atomic E-state index is 0.0594. The molecule has 0 aromatic heterocycles. The Bertz CT molecular complexity index is 994. The normalized spacial score (nSPS) is 37.8. The zero-order valence-corrected chi connectivity index (χ0v) is 26.3. The summed E-state index contributed by atoms with van der Waals surface area (Å²) in [4.78, 5) is 0. The molecule has 4 heteroatoms. The quantitative estimate of drug-likeness (QED) is 0.272. The van der Waals surface area contributed by atoms with E-state index in [0.717, 1.165) is 75.8 Å². The van der Waals surface area contributed by atoms with Gasteiger partial charge < -0.3 is 18.9 Å². The Morgan fingerprint density at radius 1 is 0.571 bits per heavy atom. The van der Waals surface area contributed by atoms with Gasteiger partial charge in [-0.2, -0.15) is 0 Å². The van der Waals surface area contributed by atoms with E-state index in [1.54, 1.807) is 0 Å². The van der Waals surface area contributed by atoms with Gasteiger partial charge in [0.2, 0.25) is 0 Å². The molecule has 4 nitrogen and oxygen atoms in total. The summed E-state index contributed by atoms with van der Waals surface area (Å²) < 4.78 is 22.6. The lowest BCUT2D eigenvalue weighted by atomic mass is 9.64. The molecule has 6 aliphatic rings. The topological polar surface area (TPSA) is 36.9 Å². The maximum atomic E-state index is 5.64. The van der Waals surface area contributed by atoms with Crippen LogP contribution in [0.3, 0.4) is 0 Å². The molecule has 2 saturated carbocycles. The van der Waals surface area contributed by atoms with Crippen molar-refractivity contribution in [2.45, 2.75) is 116 Å². The van der Waals surface area contributed by atoms with Crippen LogP contribution >= 0.6 is 0 Å². The standard InChI is InChI=1S/C38H54O4/c1-37(33-11-5-29(6-12-33)9-15-35-39-25-26-40-35)21-17-31(18-22-37)3-4-32-19-23-38(2,24-20-32)34-13-7-30(8-14-34)10-16-36-41-27-28-42-36/h17-21,23,29-30,33-36H,5-16,22,24-28H2,1-2H3. The van der Waals surface area contributed by atoms with Crippen LogP contribution in [0.2, 0.25) is 0 Å². The van der Waals surface area contributed by atoms with Crippen LogP contribution in [0.15, 0.2) is 47.6 Å². The molecule has 0 aromatic carbocycles. The predicted octanol–water partition coefficient (Wildman–Crippen LogP) is 8.69. The second-order valence-corrected chi connectivity index (χ2v) is 14.6. The van der Waals surface area contributed by atoms with Crippen molar-refractivity contribution in [2.24, 2.45) is 34.5 Å². The summed E-state index contributed by atoms with van der Waals surface area (Å²) in [7, 11) is 0. The fraction of sp³-hybridized carbons (Fsp3) is 0.737. The Kier molecular flexibility index (Phi) is 10.1. The minimum absolute atomic E-state index is 0.0594. The fourth-order valence-corrected chi connectivity index (χ4v) is 8.54. The van der Waals surface area contributed by atoms with Crippen molar-refractivity contribution >= 4 is 0 Å². The van der Waals surface area contributed by atoms with E-state index in [9.17, 15) is 0 Å². The monoisotopic (exact) mass is 574 g/mol. The lowest BCUT2D eigenvalue weighted by Crippen LogP contribution is -2.30. The summed E-state index contributed by atoms with van der Waals surface area (Å²) in [5.74, 6) is 10.2. The molecule has 230 valence electrons. The summed E-state index contributed by atoms with van der Waals surface area (Å²) in [6.45, 7) is 8.01.